The van der Waals surface area contributed by atoms with Crippen molar-refractivity contribution in [3.8, 4) is 11.5 Å². The molecule has 158 valence electrons. The lowest BCUT2D eigenvalue weighted by Crippen LogP contribution is -2.12. The molecule has 0 aliphatic heterocycles. The zero-order valence-corrected chi connectivity index (χ0v) is 18.9. The molecule has 2 aromatic carbocycles. The lowest BCUT2D eigenvalue weighted by atomic mass is 10.1. The fraction of sp³-hybridized carbons (Fsp3) is 0.190. The Morgan fingerprint density at radius 2 is 2.03 bits per heavy atom. The molecule has 0 fully saturated rings. The van der Waals surface area contributed by atoms with Gasteiger partial charge in [0.25, 0.3) is 5.22 Å². The molecular formula is C21H18BrN5O3S. The Bertz CT molecular complexity index is 1190. The van der Waals surface area contributed by atoms with Crippen molar-refractivity contribution in [2.24, 2.45) is 0 Å². The highest BCUT2D eigenvalue weighted by Crippen LogP contribution is 2.25. The van der Waals surface area contributed by atoms with Crippen LogP contribution in [0.4, 0.5) is 5.69 Å². The smallest absolute Gasteiger partial charge is 0.277 e. The van der Waals surface area contributed by atoms with Crippen LogP contribution >= 0.6 is 27.7 Å². The number of hydrogen-bond acceptors (Lipinski definition) is 8. The average Bonchev–Trinajstić information content (AvgIpc) is 3.40. The molecule has 0 saturated carbocycles. The summed E-state index contributed by atoms with van der Waals surface area (Å²) in [5.74, 6) is 1.68. The number of aryl methyl sites for hydroxylation is 2. The van der Waals surface area contributed by atoms with Gasteiger partial charge in [0.15, 0.2) is 5.82 Å². The molecule has 1 N–H and O–H groups in total. The van der Waals surface area contributed by atoms with Gasteiger partial charge in [-0.15, -0.1) is 10.2 Å². The summed E-state index contributed by atoms with van der Waals surface area (Å²) in [6, 6.07) is 15.3. The zero-order chi connectivity index (χ0) is 21.6. The summed E-state index contributed by atoms with van der Waals surface area (Å²) in [6.07, 6.45) is 0.598. The number of thioether (sulfide) groups is 1. The SMILES string of the molecule is Cc1cccc(-c2nnc(SCc3noc(CCC(=O)Nc4cccc(Br)c4)n3)o2)c1. The molecule has 2 aromatic heterocycles. The minimum absolute atomic E-state index is 0.123. The molecule has 0 unspecified atom stereocenters. The maximum atomic E-state index is 12.1. The summed E-state index contributed by atoms with van der Waals surface area (Å²) in [7, 11) is 0. The molecule has 31 heavy (non-hydrogen) atoms. The highest BCUT2D eigenvalue weighted by atomic mass is 79.9. The first-order chi connectivity index (χ1) is 15.0. The van der Waals surface area contributed by atoms with E-state index in [2.05, 4.69) is 41.6 Å². The third-order valence-electron chi connectivity index (χ3n) is 4.18. The quantitative estimate of drug-likeness (QED) is 0.335. The van der Waals surface area contributed by atoms with E-state index in [1.807, 2.05) is 55.5 Å². The average molecular weight is 500 g/mol. The van der Waals surface area contributed by atoms with Crippen LogP contribution in [-0.2, 0) is 17.0 Å². The van der Waals surface area contributed by atoms with Crippen LogP contribution in [0, 0.1) is 6.92 Å². The van der Waals surface area contributed by atoms with Crippen LogP contribution in [-0.4, -0.2) is 26.2 Å². The van der Waals surface area contributed by atoms with Crippen LogP contribution in [0.1, 0.15) is 23.7 Å². The van der Waals surface area contributed by atoms with E-state index < -0.39 is 0 Å². The fourth-order valence-corrected chi connectivity index (χ4v) is 3.76. The highest BCUT2D eigenvalue weighted by Gasteiger charge is 2.13. The van der Waals surface area contributed by atoms with Crippen molar-refractivity contribution >= 4 is 39.3 Å². The molecule has 0 saturated heterocycles. The maximum Gasteiger partial charge on any atom is 0.277 e. The summed E-state index contributed by atoms with van der Waals surface area (Å²) >= 11 is 4.70. The van der Waals surface area contributed by atoms with E-state index in [1.165, 1.54) is 11.8 Å². The van der Waals surface area contributed by atoms with Gasteiger partial charge in [-0.25, -0.2) is 0 Å². The third kappa shape index (κ3) is 6.02. The van der Waals surface area contributed by atoms with Gasteiger partial charge < -0.3 is 14.3 Å². The van der Waals surface area contributed by atoms with E-state index in [1.54, 1.807) is 0 Å². The number of benzene rings is 2. The number of anilines is 1. The van der Waals surface area contributed by atoms with E-state index in [-0.39, 0.29) is 12.3 Å². The van der Waals surface area contributed by atoms with E-state index in [4.69, 9.17) is 8.94 Å². The summed E-state index contributed by atoms with van der Waals surface area (Å²) < 4.78 is 11.8. The molecule has 0 radical (unpaired) electrons. The van der Waals surface area contributed by atoms with Crippen LogP contribution in [0.3, 0.4) is 0 Å². The van der Waals surface area contributed by atoms with Gasteiger partial charge in [-0.3, -0.25) is 4.79 Å². The number of aromatic nitrogens is 4. The number of amides is 1. The van der Waals surface area contributed by atoms with Crippen LogP contribution < -0.4 is 5.32 Å². The number of nitrogens with zero attached hydrogens (tertiary/aromatic N) is 4. The number of nitrogens with one attached hydrogen (secondary N) is 1. The van der Waals surface area contributed by atoms with Crippen molar-refractivity contribution in [1.29, 1.82) is 0 Å². The Morgan fingerprint density at radius 3 is 2.87 bits per heavy atom. The Kier molecular flexibility index (Phi) is 6.78. The van der Waals surface area contributed by atoms with Crippen molar-refractivity contribution in [3.05, 3.63) is 70.3 Å². The highest BCUT2D eigenvalue weighted by molar-refractivity contribution is 9.10. The van der Waals surface area contributed by atoms with Gasteiger partial charge in [0.05, 0.1) is 5.75 Å². The fourth-order valence-electron chi connectivity index (χ4n) is 2.75. The van der Waals surface area contributed by atoms with Gasteiger partial charge in [-0.05, 0) is 37.3 Å². The normalized spacial score (nSPS) is 10.9. The lowest BCUT2D eigenvalue weighted by molar-refractivity contribution is -0.116. The third-order valence-corrected chi connectivity index (χ3v) is 5.49. The number of carbonyl (C=O) groups excluding carboxylic acids is 1. The standard InChI is InChI=1S/C21H18BrN5O3S/c1-13-4-2-5-14(10-13)20-25-26-21(29-20)31-12-17-24-19(30-27-17)9-8-18(28)23-16-7-3-6-15(22)11-16/h2-7,10-11H,8-9,12H2,1H3,(H,23,28). The van der Waals surface area contributed by atoms with Gasteiger partial charge in [-0.2, -0.15) is 4.98 Å². The first-order valence-electron chi connectivity index (χ1n) is 9.45. The van der Waals surface area contributed by atoms with Crippen LogP contribution in [0.5, 0.6) is 0 Å². The Labute approximate surface area is 191 Å². The molecule has 10 heteroatoms. The number of halogens is 1. The maximum absolute atomic E-state index is 12.1. The molecule has 2 heterocycles. The second-order valence-electron chi connectivity index (χ2n) is 6.69. The Hall–Kier alpha value is -2.98. The van der Waals surface area contributed by atoms with Gasteiger partial charge in [0.1, 0.15) is 0 Å². The van der Waals surface area contributed by atoms with Crippen LogP contribution in [0.15, 0.2) is 67.2 Å². The largest absolute Gasteiger partial charge is 0.411 e. The molecule has 0 aliphatic carbocycles. The molecule has 8 nitrogen and oxygen atoms in total. The Balaban J connectivity index is 1.26. The van der Waals surface area contributed by atoms with Gasteiger partial charge in [0.2, 0.25) is 17.7 Å². The summed E-state index contributed by atoms with van der Waals surface area (Å²) in [4.78, 5) is 16.4. The van der Waals surface area contributed by atoms with Crippen LogP contribution in [0.2, 0.25) is 0 Å². The predicted molar refractivity (Wildman–Crippen MR) is 119 cm³/mol. The molecule has 4 aromatic rings. The number of rotatable bonds is 8. The van der Waals surface area contributed by atoms with E-state index >= 15 is 0 Å². The summed E-state index contributed by atoms with van der Waals surface area (Å²) in [5, 5.41) is 15.3. The van der Waals surface area contributed by atoms with Crippen LogP contribution in [0.25, 0.3) is 11.5 Å². The molecule has 0 atom stereocenters. The molecule has 4 rings (SSSR count). The predicted octanol–water partition coefficient (Wildman–Crippen LogP) is 5.05. The molecular weight excluding hydrogens is 482 g/mol. The van der Waals surface area contributed by atoms with Gasteiger partial charge >= 0.3 is 0 Å². The zero-order valence-electron chi connectivity index (χ0n) is 16.5. The first-order valence-corrected chi connectivity index (χ1v) is 11.2. The molecule has 0 spiro atoms. The first kappa shape index (κ1) is 21.3. The Morgan fingerprint density at radius 1 is 1.16 bits per heavy atom. The minimum Gasteiger partial charge on any atom is -0.411 e. The molecule has 0 bridgehead atoms. The second-order valence-corrected chi connectivity index (χ2v) is 8.54. The molecule has 1 amide bonds. The summed E-state index contributed by atoms with van der Waals surface area (Å²) in [6.45, 7) is 2.01. The van der Waals surface area contributed by atoms with Crippen molar-refractivity contribution < 1.29 is 13.7 Å². The van der Waals surface area contributed by atoms with Crippen molar-refractivity contribution in [1.82, 2.24) is 20.3 Å². The van der Waals surface area contributed by atoms with E-state index in [9.17, 15) is 4.79 Å². The molecule has 0 aliphatic rings. The van der Waals surface area contributed by atoms with E-state index in [0.717, 1.165) is 21.3 Å². The second kappa shape index (κ2) is 9.88. The van der Waals surface area contributed by atoms with Gasteiger partial charge in [0, 0.05) is 28.6 Å². The topological polar surface area (TPSA) is 107 Å². The van der Waals surface area contributed by atoms with Crippen molar-refractivity contribution in [2.45, 2.75) is 30.7 Å². The minimum atomic E-state index is -0.123. The van der Waals surface area contributed by atoms with Crippen molar-refractivity contribution in [2.75, 3.05) is 5.32 Å². The number of hydrogen-bond donors (Lipinski definition) is 1. The number of carbonyl (C=O) groups is 1. The lowest BCUT2D eigenvalue weighted by Gasteiger charge is -2.04. The van der Waals surface area contributed by atoms with Crippen molar-refractivity contribution in [3.63, 3.8) is 0 Å². The summed E-state index contributed by atoms with van der Waals surface area (Å²) in [5.41, 5.74) is 2.73. The van der Waals surface area contributed by atoms with E-state index in [0.29, 0.717) is 35.0 Å². The monoisotopic (exact) mass is 499 g/mol. The van der Waals surface area contributed by atoms with Gasteiger partial charge in [-0.1, -0.05) is 56.6 Å².